The van der Waals surface area contributed by atoms with E-state index in [1.165, 1.54) is 18.2 Å². The molecular formula is C28H36F2N4O. The summed E-state index contributed by atoms with van der Waals surface area (Å²) in [7, 11) is 0. The maximum Gasteiger partial charge on any atom is 0.222 e. The summed E-state index contributed by atoms with van der Waals surface area (Å²) in [5.41, 5.74) is 3.00. The third kappa shape index (κ3) is 5.07. The molecule has 7 heteroatoms. The number of anilines is 2. The summed E-state index contributed by atoms with van der Waals surface area (Å²) in [6.45, 7) is 10.6. The predicted octanol–water partition coefficient (Wildman–Crippen LogP) is 4.61. The monoisotopic (exact) mass is 482 g/mol. The molecule has 35 heavy (non-hydrogen) atoms. The SMILES string of the molecule is CC(C)N1CCN(C(=O)CCCN2CC[C@@H]3[C@@H](C2)c2cc(F)ccc2N3c2ccc(F)cc2)CC1. The van der Waals surface area contributed by atoms with Gasteiger partial charge in [-0.1, -0.05) is 0 Å². The van der Waals surface area contributed by atoms with Crippen LogP contribution < -0.4 is 4.90 Å². The lowest BCUT2D eigenvalue weighted by Gasteiger charge is -2.39. The third-order valence-electron chi connectivity index (χ3n) is 8.01. The first kappa shape index (κ1) is 24.2. The number of rotatable bonds is 6. The van der Waals surface area contributed by atoms with Gasteiger partial charge in [-0.15, -0.1) is 0 Å². The van der Waals surface area contributed by atoms with Crippen LogP contribution >= 0.6 is 0 Å². The Kier molecular flexibility index (Phi) is 7.07. The summed E-state index contributed by atoms with van der Waals surface area (Å²) >= 11 is 0. The number of hydrogen-bond donors (Lipinski definition) is 0. The maximum atomic E-state index is 14.2. The van der Waals surface area contributed by atoms with Crippen LogP contribution in [0.3, 0.4) is 0 Å². The lowest BCUT2D eigenvalue weighted by molar-refractivity contribution is -0.133. The minimum atomic E-state index is -0.255. The van der Waals surface area contributed by atoms with Crippen molar-refractivity contribution in [2.45, 2.75) is 51.1 Å². The number of carbonyl (C=O) groups excluding carboxylic acids is 1. The van der Waals surface area contributed by atoms with Crippen molar-refractivity contribution in [2.75, 3.05) is 50.7 Å². The smallest absolute Gasteiger partial charge is 0.222 e. The zero-order valence-corrected chi connectivity index (χ0v) is 20.8. The second-order valence-electron chi connectivity index (χ2n) is 10.4. The molecule has 2 saturated heterocycles. The highest BCUT2D eigenvalue weighted by atomic mass is 19.1. The van der Waals surface area contributed by atoms with E-state index in [0.29, 0.717) is 12.5 Å². The third-order valence-corrected chi connectivity index (χ3v) is 8.01. The number of carbonyl (C=O) groups is 1. The maximum absolute atomic E-state index is 14.2. The van der Waals surface area contributed by atoms with Gasteiger partial charge in [-0.2, -0.15) is 0 Å². The summed E-state index contributed by atoms with van der Waals surface area (Å²) in [4.78, 5) is 21.9. The molecule has 3 aliphatic heterocycles. The van der Waals surface area contributed by atoms with E-state index in [4.69, 9.17) is 0 Å². The molecule has 0 spiro atoms. The lowest BCUT2D eigenvalue weighted by atomic mass is 9.89. The van der Waals surface area contributed by atoms with Crippen molar-refractivity contribution in [3.8, 4) is 0 Å². The van der Waals surface area contributed by atoms with E-state index in [2.05, 4.69) is 28.5 Å². The Labute approximate surface area is 207 Å². The van der Waals surface area contributed by atoms with Gasteiger partial charge in [0.25, 0.3) is 0 Å². The number of halogens is 2. The molecule has 2 fully saturated rings. The Bertz CT molecular complexity index is 1040. The molecule has 2 atom stereocenters. The van der Waals surface area contributed by atoms with Gasteiger partial charge in [0.2, 0.25) is 5.91 Å². The first-order chi connectivity index (χ1) is 16.9. The van der Waals surface area contributed by atoms with Gasteiger partial charge in [0.1, 0.15) is 11.6 Å². The van der Waals surface area contributed by atoms with Gasteiger partial charge in [0, 0.05) is 75.1 Å². The fraction of sp³-hybridized carbons (Fsp3) is 0.536. The van der Waals surface area contributed by atoms with Crippen molar-refractivity contribution in [1.29, 1.82) is 0 Å². The van der Waals surface area contributed by atoms with Gasteiger partial charge >= 0.3 is 0 Å². The number of hydrogen-bond acceptors (Lipinski definition) is 4. The summed E-state index contributed by atoms with van der Waals surface area (Å²) in [6, 6.07) is 12.4. The van der Waals surface area contributed by atoms with E-state index >= 15 is 0 Å². The van der Waals surface area contributed by atoms with Crippen LogP contribution in [0.15, 0.2) is 42.5 Å². The number of nitrogens with zero attached hydrogens (tertiary/aromatic N) is 4. The van der Waals surface area contributed by atoms with E-state index in [9.17, 15) is 13.6 Å². The summed E-state index contributed by atoms with van der Waals surface area (Å²) in [5, 5.41) is 0. The molecule has 0 aliphatic carbocycles. The van der Waals surface area contributed by atoms with E-state index in [-0.39, 0.29) is 29.5 Å². The highest BCUT2D eigenvalue weighted by Gasteiger charge is 2.42. The van der Waals surface area contributed by atoms with Crippen molar-refractivity contribution in [2.24, 2.45) is 0 Å². The molecule has 3 aliphatic rings. The molecule has 5 rings (SSSR count). The standard InChI is InChI=1S/C28H36F2N4O/c1-20(2)32-14-16-33(17-15-32)28(35)4-3-12-31-13-11-27-25(19-31)24-18-22(30)7-10-26(24)34(27)23-8-5-21(29)6-9-23/h5-10,18,20,25,27H,3-4,11-17,19H2,1-2H3/t25-,27+/m0/s1. The molecule has 188 valence electrons. The molecule has 2 aromatic carbocycles. The molecule has 2 aromatic rings. The van der Waals surface area contributed by atoms with E-state index in [0.717, 1.165) is 75.6 Å². The number of amides is 1. The van der Waals surface area contributed by atoms with Gasteiger partial charge in [-0.3, -0.25) is 9.69 Å². The van der Waals surface area contributed by atoms with E-state index < -0.39 is 0 Å². The van der Waals surface area contributed by atoms with Crippen molar-refractivity contribution in [3.05, 3.63) is 59.7 Å². The summed E-state index contributed by atoms with van der Waals surface area (Å²) < 4.78 is 27.8. The average molecular weight is 483 g/mol. The van der Waals surface area contributed by atoms with Crippen LogP contribution in [0.5, 0.6) is 0 Å². The van der Waals surface area contributed by atoms with Crippen LogP contribution in [-0.4, -0.2) is 78.5 Å². The fourth-order valence-corrected chi connectivity index (χ4v) is 6.08. The molecular weight excluding hydrogens is 446 g/mol. The summed E-state index contributed by atoms with van der Waals surface area (Å²) in [5.74, 6) is -0.0166. The molecule has 1 amide bonds. The second-order valence-corrected chi connectivity index (χ2v) is 10.4. The fourth-order valence-electron chi connectivity index (χ4n) is 6.08. The van der Waals surface area contributed by atoms with E-state index in [1.807, 2.05) is 23.1 Å². The topological polar surface area (TPSA) is 30.0 Å². The molecule has 5 nitrogen and oxygen atoms in total. The molecule has 0 aromatic heterocycles. The van der Waals surface area contributed by atoms with Gasteiger partial charge in [-0.05, 0) is 81.3 Å². The molecule has 0 unspecified atom stereocenters. The van der Waals surface area contributed by atoms with Crippen molar-refractivity contribution in [3.63, 3.8) is 0 Å². The van der Waals surface area contributed by atoms with Crippen LogP contribution in [0.2, 0.25) is 0 Å². The average Bonchev–Trinajstić information content (AvgIpc) is 3.17. The van der Waals surface area contributed by atoms with Gasteiger partial charge in [0.05, 0.1) is 0 Å². The lowest BCUT2D eigenvalue weighted by Crippen LogP contribution is -2.50. The minimum Gasteiger partial charge on any atom is -0.340 e. The van der Waals surface area contributed by atoms with Gasteiger partial charge < -0.3 is 14.7 Å². The Morgan fingerprint density at radius 3 is 2.40 bits per heavy atom. The summed E-state index contributed by atoms with van der Waals surface area (Å²) in [6.07, 6.45) is 2.38. The number of likely N-dealkylation sites (tertiary alicyclic amines) is 1. The predicted molar refractivity (Wildman–Crippen MR) is 135 cm³/mol. The van der Waals surface area contributed by atoms with Crippen LogP contribution in [-0.2, 0) is 4.79 Å². The van der Waals surface area contributed by atoms with Crippen LogP contribution in [0, 0.1) is 11.6 Å². The Balaban J connectivity index is 1.19. The zero-order valence-electron chi connectivity index (χ0n) is 20.8. The van der Waals surface area contributed by atoms with Crippen molar-refractivity contribution >= 4 is 17.3 Å². The molecule has 0 saturated carbocycles. The van der Waals surface area contributed by atoms with Gasteiger partial charge in [-0.25, -0.2) is 8.78 Å². The van der Waals surface area contributed by atoms with Crippen molar-refractivity contribution in [1.82, 2.24) is 14.7 Å². The Morgan fingerprint density at radius 1 is 0.971 bits per heavy atom. The van der Waals surface area contributed by atoms with E-state index in [1.54, 1.807) is 6.07 Å². The van der Waals surface area contributed by atoms with Gasteiger partial charge in [0.15, 0.2) is 0 Å². The first-order valence-corrected chi connectivity index (χ1v) is 13.0. The minimum absolute atomic E-state index is 0.194. The highest BCUT2D eigenvalue weighted by molar-refractivity contribution is 5.76. The number of fused-ring (bicyclic) bond motifs is 3. The highest BCUT2D eigenvalue weighted by Crippen LogP contribution is 2.48. The Hall–Kier alpha value is -2.51. The molecule has 0 bridgehead atoms. The normalized spacial score (nSPS) is 23.0. The quantitative estimate of drug-likeness (QED) is 0.602. The molecule has 0 N–H and O–H groups in total. The first-order valence-electron chi connectivity index (χ1n) is 13.0. The molecule has 0 radical (unpaired) electrons. The van der Waals surface area contributed by atoms with Crippen molar-refractivity contribution < 1.29 is 13.6 Å². The Morgan fingerprint density at radius 2 is 1.69 bits per heavy atom. The molecule has 3 heterocycles. The number of piperazine rings is 1. The number of benzene rings is 2. The van der Waals surface area contributed by atoms with Crippen LogP contribution in [0.25, 0.3) is 0 Å². The largest absolute Gasteiger partial charge is 0.340 e. The van der Waals surface area contributed by atoms with Crippen LogP contribution in [0.4, 0.5) is 20.2 Å². The second kappa shape index (κ2) is 10.2. The zero-order chi connectivity index (χ0) is 24.5. The van der Waals surface area contributed by atoms with Crippen LogP contribution in [0.1, 0.15) is 44.6 Å². The number of piperidine rings is 1.